The van der Waals surface area contributed by atoms with E-state index in [0.717, 1.165) is 5.41 Å². The van der Waals surface area contributed by atoms with Gasteiger partial charge in [-0.1, -0.05) is 48.0 Å². The maximum atomic E-state index is 12.0. The third kappa shape index (κ3) is 4.72. The molecule has 0 N–H and O–H groups in total. The zero-order chi connectivity index (χ0) is 16.2. The van der Waals surface area contributed by atoms with Crippen LogP contribution in [0.25, 0.3) is 6.08 Å². The number of hydrogen-bond acceptors (Lipinski definition) is 4. The van der Waals surface area contributed by atoms with Crippen molar-refractivity contribution in [2.24, 2.45) is 0 Å². The summed E-state index contributed by atoms with van der Waals surface area (Å²) in [6.07, 6.45) is 1.42. The number of carboxylic acid groups (broad SMARTS) is 1. The zero-order valence-electron chi connectivity index (χ0n) is 11.4. The Morgan fingerprint density at radius 2 is 1.64 bits per heavy atom. The molecule has 0 atom stereocenters. The molecule has 0 aliphatic carbocycles. The van der Waals surface area contributed by atoms with Gasteiger partial charge < -0.3 is 9.90 Å². The van der Waals surface area contributed by atoms with Gasteiger partial charge in [0.05, 0.1) is 11.7 Å². The first-order valence-corrected chi connectivity index (χ1v) is 8.42. The summed E-state index contributed by atoms with van der Waals surface area (Å²) < 4.78 is 24.0. The van der Waals surface area contributed by atoms with E-state index in [9.17, 15) is 18.3 Å². The van der Waals surface area contributed by atoms with Crippen LogP contribution in [-0.2, 0) is 15.6 Å². The number of carboxylic acids is 1. The van der Waals surface area contributed by atoms with Crippen LogP contribution in [-0.4, -0.2) is 14.4 Å². The van der Waals surface area contributed by atoms with Crippen LogP contribution in [0.3, 0.4) is 0 Å². The Hall–Kier alpha value is -2.11. The highest BCUT2D eigenvalue weighted by atomic mass is 35.5. The number of carbonyl (C=O) groups is 1. The first kappa shape index (κ1) is 16.3. The highest BCUT2D eigenvalue weighted by molar-refractivity contribution is 7.93. The number of benzene rings is 2. The number of carbonyl (C=O) groups excluding carboxylic acids is 1. The summed E-state index contributed by atoms with van der Waals surface area (Å²) in [5, 5.41) is 12.3. The van der Waals surface area contributed by atoms with Crippen LogP contribution in [0.15, 0.2) is 53.9 Å². The fourth-order valence-electron chi connectivity index (χ4n) is 1.77. The maximum absolute atomic E-state index is 12.0. The third-order valence-corrected chi connectivity index (χ3v) is 4.43. The lowest BCUT2D eigenvalue weighted by atomic mass is 10.1. The third-order valence-electron chi connectivity index (χ3n) is 2.90. The van der Waals surface area contributed by atoms with Gasteiger partial charge in [-0.05, 0) is 34.9 Å². The monoisotopic (exact) mass is 335 g/mol. The van der Waals surface area contributed by atoms with Gasteiger partial charge in [-0.2, -0.15) is 0 Å². The molecular weight excluding hydrogens is 324 g/mol. The highest BCUT2D eigenvalue weighted by Gasteiger charge is 2.07. The van der Waals surface area contributed by atoms with Gasteiger partial charge in [0.2, 0.25) is 0 Å². The average Bonchev–Trinajstić information content (AvgIpc) is 2.48. The Morgan fingerprint density at radius 3 is 2.18 bits per heavy atom. The summed E-state index contributed by atoms with van der Waals surface area (Å²) in [6.45, 7) is 0. The molecule has 0 radical (unpaired) electrons. The number of aromatic carboxylic acids is 1. The number of halogens is 1. The predicted octanol–water partition coefficient (Wildman–Crippen LogP) is 2.29. The van der Waals surface area contributed by atoms with E-state index >= 15 is 0 Å². The van der Waals surface area contributed by atoms with Gasteiger partial charge in [0.1, 0.15) is 0 Å². The minimum Gasteiger partial charge on any atom is -0.545 e. The Balaban J connectivity index is 2.10. The first-order valence-electron chi connectivity index (χ1n) is 6.32. The SMILES string of the molecule is O=C([O-])c1ccc(/C=C/S(=O)(=O)Cc2ccc(Cl)cc2)cc1. The van der Waals surface area contributed by atoms with E-state index in [-0.39, 0.29) is 11.3 Å². The van der Waals surface area contributed by atoms with Gasteiger partial charge in [0, 0.05) is 10.4 Å². The predicted molar refractivity (Wildman–Crippen MR) is 83.9 cm³/mol. The molecule has 0 heterocycles. The van der Waals surface area contributed by atoms with Gasteiger partial charge in [-0.15, -0.1) is 0 Å². The summed E-state index contributed by atoms with van der Waals surface area (Å²) in [5.41, 5.74) is 1.27. The van der Waals surface area contributed by atoms with Crippen molar-refractivity contribution in [1.29, 1.82) is 0 Å². The molecule has 0 saturated carbocycles. The second-order valence-electron chi connectivity index (χ2n) is 4.65. The normalized spacial score (nSPS) is 11.7. The van der Waals surface area contributed by atoms with E-state index < -0.39 is 15.8 Å². The van der Waals surface area contributed by atoms with Crippen LogP contribution in [0.2, 0.25) is 5.02 Å². The van der Waals surface area contributed by atoms with Gasteiger partial charge in [-0.3, -0.25) is 0 Å². The molecule has 2 rings (SSSR count). The second kappa shape index (κ2) is 6.77. The Bertz CT molecular complexity index is 791. The molecule has 2 aromatic carbocycles. The van der Waals surface area contributed by atoms with Gasteiger partial charge in [0.15, 0.2) is 9.84 Å². The lowest BCUT2D eigenvalue weighted by molar-refractivity contribution is -0.255. The van der Waals surface area contributed by atoms with E-state index in [4.69, 9.17) is 11.6 Å². The largest absolute Gasteiger partial charge is 0.545 e. The van der Waals surface area contributed by atoms with E-state index in [0.29, 0.717) is 16.1 Å². The second-order valence-corrected chi connectivity index (χ2v) is 6.97. The Morgan fingerprint density at radius 1 is 1.05 bits per heavy atom. The maximum Gasteiger partial charge on any atom is 0.175 e. The molecule has 22 heavy (non-hydrogen) atoms. The average molecular weight is 336 g/mol. The van der Waals surface area contributed by atoms with Crippen molar-refractivity contribution in [3.63, 3.8) is 0 Å². The first-order chi connectivity index (χ1) is 10.4. The Kier molecular flexibility index (Phi) is 5.00. The zero-order valence-corrected chi connectivity index (χ0v) is 13.0. The molecule has 0 aromatic heterocycles. The van der Waals surface area contributed by atoms with E-state index in [1.807, 2.05) is 0 Å². The van der Waals surface area contributed by atoms with Crippen LogP contribution >= 0.6 is 11.6 Å². The minimum atomic E-state index is -3.42. The fraction of sp³-hybridized carbons (Fsp3) is 0.0625. The number of hydrogen-bond donors (Lipinski definition) is 0. The highest BCUT2D eigenvalue weighted by Crippen LogP contribution is 2.14. The molecule has 0 spiro atoms. The molecular formula is C16H12ClO4S-. The van der Waals surface area contributed by atoms with Crippen molar-refractivity contribution < 1.29 is 18.3 Å². The molecule has 0 bridgehead atoms. The van der Waals surface area contributed by atoms with Crippen molar-refractivity contribution in [1.82, 2.24) is 0 Å². The van der Waals surface area contributed by atoms with Gasteiger partial charge in [0.25, 0.3) is 0 Å². The van der Waals surface area contributed by atoms with E-state index in [1.54, 1.807) is 24.3 Å². The molecule has 0 fully saturated rings. The van der Waals surface area contributed by atoms with Crippen LogP contribution in [0.5, 0.6) is 0 Å². The summed E-state index contributed by atoms with van der Waals surface area (Å²) in [4.78, 5) is 10.6. The van der Waals surface area contributed by atoms with E-state index in [1.165, 1.54) is 30.3 Å². The fourth-order valence-corrected chi connectivity index (χ4v) is 3.02. The van der Waals surface area contributed by atoms with Crippen LogP contribution in [0, 0.1) is 0 Å². The number of rotatable bonds is 5. The lowest BCUT2D eigenvalue weighted by Crippen LogP contribution is -2.21. The number of sulfone groups is 1. The standard InChI is InChI=1S/C16H13ClO4S/c17-15-7-3-13(4-8-15)11-22(20,21)10-9-12-1-5-14(6-2-12)16(18)19/h1-10H,11H2,(H,18,19)/p-1/b10-9+. The molecule has 0 aliphatic heterocycles. The summed E-state index contributed by atoms with van der Waals surface area (Å²) in [7, 11) is -3.42. The Labute approximate surface area is 133 Å². The van der Waals surface area contributed by atoms with Crippen molar-refractivity contribution in [2.45, 2.75) is 5.75 Å². The van der Waals surface area contributed by atoms with Crippen LogP contribution < -0.4 is 5.11 Å². The molecule has 0 unspecified atom stereocenters. The van der Waals surface area contributed by atoms with Crippen molar-refractivity contribution in [3.05, 3.63) is 75.7 Å². The molecule has 0 saturated heterocycles. The summed E-state index contributed by atoms with van der Waals surface area (Å²) in [5.74, 6) is -1.40. The van der Waals surface area contributed by atoms with Crippen LogP contribution in [0.1, 0.15) is 21.5 Å². The molecule has 114 valence electrons. The molecule has 0 aliphatic rings. The topological polar surface area (TPSA) is 74.3 Å². The van der Waals surface area contributed by atoms with Crippen molar-refractivity contribution in [2.75, 3.05) is 0 Å². The van der Waals surface area contributed by atoms with Crippen molar-refractivity contribution in [3.8, 4) is 0 Å². The molecule has 2 aromatic rings. The van der Waals surface area contributed by atoms with E-state index in [2.05, 4.69) is 0 Å². The van der Waals surface area contributed by atoms with Crippen molar-refractivity contribution >= 4 is 33.5 Å². The summed E-state index contributed by atoms with van der Waals surface area (Å²) >= 11 is 5.75. The molecule has 0 amide bonds. The quantitative estimate of drug-likeness (QED) is 0.840. The lowest BCUT2D eigenvalue weighted by Gasteiger charge is -2.02. The molecule has 4 nitrogen and oxygen atoms in total. The smallest absolute Gasteiger partial charge is 0.175 e. The van der Waals surface area contributed by atoms with Gasteiger partial charge >= 0.3 is 0 Å². The summed E-state index contributed by atoms with van der Waals surface area (Å²) in [6, 6.07) is 12.3. The minimum absolute atomic E-state index is 0.0428. The molecule has 6 heteroatoms. The van der Waals surface area contributed by atoms with Crippen LogP contribution in [0.4, 0.5) is 0 Å². The van der Waals surface area contributed by atoms with Gasteiger partial charge in [-0.25, -0.2) is 8.42 Å².